The van der Waals surface area contributed by atoms with Crippen LogP contribution in [0.2, 0.25) is 0 Å². The van der Waals surface area contributed by atoms with Crippen LogP contribution in [0, 0.1) is 5.92 Å². The number of hydrogen-bond donors (Lipinski definition) is 2. The van der Waals surface area contributed by atoms with E-state index in [9.17, 15) is 4.79 Å². The molecule has 0 aromatic heterocycles. The number of carbonyl (C=O) groups excluding carboxylic acids is 1. The van der Waals surface area contributed by atoms with Crippen molar-refractivity contribution in [3.63, 3.8) is 0 Å². The quantitative estimate of drug-likeness (QED) is 0.749. The topological polar surface area (TPSA) is 59.6 Å². The number of hydrogen-bond acceptors (Lipinski definition) is 4. The van der Waals surface area contributed by atoms with Gasteiger partial charge in [-0.15, -0.1) is 12.4 Å². The Balaban J connectivity index is 0.00000242. The van der Waals surface area contributed by atoms with Crippen molar-refractivity contribution in [1.29, 1.82) is 0 Å². The minimum Gasteiger partial charge on any atom is -0.497 e. The number of benzene rings is 1. The number of amides is 1. The first-order chi connectivity index (χ1) is 10.3. The van der Waals surface area contributed by atoms with Gasteiger partial charge >= 0.3 is 0 Å². The summed E-state index contributed by atoms with van der Waals surface area (Å²) in [6.07, 6.45) is 1.86. The fraction of sp³-hybridized carbons (Fsp3) is 0.562. The van der Waals surface area contributed by atoms with E-state index < -0.39 is 0 Å². The van der Waals surface area contributed by atoms with Crippen molar-refractivity contribution >= 4 is 18.3 Å². The second kappa shape index (κ2) is 10.4. The Bertz CT molecular complexity index is 434. The zero-order valence-corrected chi connectivity index (χ0v) is 13.8. The molecule has 1 aliphatic rings. The Labute approximate surface area is 138 Å². The van der Waals surface area contributed by atoms with E-state index in [1.165, 1.54) is 0 Å². The predicted molar refractivity (Wildman–Crippen MR) is 88.5 cm³/mol. The van der Waals surface area contributed by atoms with Crippen LogP contribution < -0.4 is 15.4 Å². The number of ether oxygens (including phenoxy) is 2. The Kier molecular flexibility index (Phi) is 8.89. The fourth-order valence-corrected chi connectivity index (χ4v) is 2.39. The number of piperidine rings is 1. The van der Waals surface area contributed by atoms with Crippen LogP contribution in [0.1, 0.15) is 18.4 Å². The molecule has 0 atom stereocenters. The van der Waals surface area contributed by atoms with Gasteiger partial charge in [-0.2, -0.15) is 0 Å². The van der Waals surface area contributed by atoms with Gasteiger partial charge in [0.15, 0.2) is 0 Å². The molecule has 0 unspecified atom stereocenters. The SMILES string of the molecule is COc1ccc(COCCNC(=O)C2CCNCC2)cc1.Cl. The van der Waals surface area contributed by atoms with Crippen LogP contribution in [0.3, 0.4) is 0 Å². The monoisotopic (exact) mass is 328 g/mol. The summed E-state index contributed by atoms with van der Waals surface area (Å²) in [5.41, 5.74) is 1.10. The highest BCUT2D eigenvalue weighted by molar-refractivity contribution is 5.85. The highest BCUT2D eigenvalue weighted by Gasteiger charge is 2.19. The molecule has 124 valence electrons. The predicted octanol–water partition coefficient (Wildman–Crippen LogP) is 1.75. The molecular formula is C16H25ClN2O3. The van der Waals surface area contributed by atoms with E-state index in [1.54, 1.807) is 7.11 Å². The normalized spacial score (nSPS) is 15.0. The van der Waals surface area contributed by atoms with Crippen LogP contribution in [0.15, 0.2) is 24.3 Å². The van der Waals surface area contributed by atoms with Gasteiger partial charge in [0, 0.05) is 12.5 Å². The van der Waals surface area contributed by atoms with Gasteiger partial charge in [-0.3, -0.25) is 4.79 Å². The third-order valence-electron chi connectivity index (χ3n) is 3.68. The summed E-state index contributed by atoms with van der Waals surface area (Å²) in [5, 5.41) is 6.20. The molecule has 1 aromatic rings. The second-order valence-corrected chi connectivity index (χ2v) is 5.22. The average molecular weight is 329 g/mol. The molecule has 0 radical (unpaired) electrons. The van der Waals surface area contributed by atoms with Crippen LogP contribution in [0.4, 0.5) is 0 Å². The Morgan fingerprint density at radius 3 is 2.59 bits per heavy atom. The maximum absolute atomic E-state index is 11.9. The summed E-state index contributed by atoms with van der Waals surface area (Å²) in [4.78, 5) is 11.9. The van der Waals surface area contributed by atoms with E-state index in [0.717, 1.165) is 37.2 Å². The fourth-order valence-electron chi connectivity index (χ4n) is 2.39. The lowest BCUT2D eigenvalue weighted by atomic mass is 9.97. The van der Waals surface area contributed by atoms with Crippen LogP contribution in [0.25, 0.3) is 0 Å². The minimum atomic E-state index is 0. The molecule has 1 aromatic carbocycles. The highest BCUT2D eigenvalue weighted by atomic mass is 35.5. The molecule has 0 saturated carbocycles. The summed E-state index contributed by atoms with van der Waals surface area (Å²) in [5.74, 6) is 1.16. The lowest BCUT2D eigenvalue weighted by molar-refractivity contribution is -0.126. The van der Waals surface area contributed by atoms with E-state index >= 15 is 0 Å². The Morgan fingerprint density at radius 1 is 1.27 bits per heavy atom. The Morgan fingerprint density at radius 2 is 1.95 bits per heavy atom. The van der Waals surface area contributed by atoms with Gasteiger partial charge < -0.3 is 20.1 Å². The van der Waals surface area contributed by atoms with Gasteiger partial charge in [-0.25, -0.2) is 0 Å². The van der Waals surface area contributed by atoms with Crippen LogP contribution in [-0.4, -0.2) is 39.3 Å². The molecular weight excluding hydrogens is 304 g/mol. The summed E-state index contributed by atoms with van der Waals surface area (Å²) < 4.78 is 10.7. The second-order valence-electron chi connectivity index (χ2n) is 5.22. The van der Waals surface area contributed by atoms with E-state index in [1.807, 2.05) is 24.3 Å². The Hall–Kier alpha value is -1.30. The lowest BCUT2D eigenvalue weighted by Gasteiger charge is -2.21. The molecule has 0 spiro atoms. The van der Waals surface area contributed by atoms with E-state index in [2.05, 4.69) is 10.6 Å². The molecule has 2 rings (SSSR count). The number of carbonyl (C=O) groups is 1. The molecule has 1 fully saturated rings. The summed E-state index contributed by atoms with van der Waals surface area (Å²) >= 11 is 0. The molecule has 1 saturated heterocycles. The van der Waals surface area contributed by atoms with Crippen LogP contribution >= 0.6 is 12.4 Å². The minimum absolute atomic E-state index is 0. The molecule has 5 nitrogen and oxygen atoms in total. The third kappa shape index (κ3) is 6.22. The maximum Gasteiger partial charge on any atom is 0.223 e. The van der Waals surface area contributed by atoms with Crippen LogP contribution in [0.5, 0.6) is 5.75 Å². The smallest absolute Gasteiger partial charge is 0.223 e. The van der Waals surface area contributed by atoms with Crippen molar-refractivity contribution in [2.75, 3.05) is 33.4 Å². The van der Waals surface area contributed by atoms with Gasteiger partial charge in [0.25, 0.3) is 0 Å². The molecule has 2 N–H and O–H groups in total. The molecule has 1 amide bonds. The van der Waals surface area contributed by atoms with E-state index in [-0.39, 0.29) is 24.2 Å². The summed E-state index contributed by atoms with van der Waals surface area (Å²) in [6, 6.07) is 7.79. The van der Waals surface area contributed by atoms with Crippen molar-refractivity contribution in [2.24, 2.45) is 5.92 Å². The van der Waals surface area contributed by atoms with E-state index in [0.29, 0.717) is 19.8 Å². The number of rotatable bonds is 7. The first-order valence-electron chi connectivity index (χ1n) is 7.48. The maximum atomic E-state index is 11.9. The van der Waals surface area contributed by atoms with Crippen molar-refractivity contribution in [2.45, 2.75) is 19.4 Å². The van der Waals surface area contributed by atoms with E-state index in [4.69, 9.17) is 9.47 Å². The van der Waals surface area contributed by atoms with Crippen molar-refractivity contribution in [3.8, 4) is 5.75 Å². The van der Waals surface area contributed by atoms with Gasteiger partial charge in [-0.1, -0.05) is 12.1 Å². The van der Waals surface area contributed by atoms with Gasteiger partial charge in [0.2, 0.25) is 5.91 Å². The number of nitrogens with one attached hydrogen (secondary N) is 2. The largest absolute Gasteiger partial charge is 0.497 e. The average Bonchev–Trinajstić information content (AvgIpc) is 2.55. The molecule has 1 aliphatic heterocycles. The van der Waals surface area contributed by atoms with Crippen molar-refractivity contribution in [3.05, 3.63) is 29.8 Å². The number of methoxy groups -OCH3 is 1. The zero-order chi connectivity index (χ0) is 14.9. The van der Waals surface area contributed by atoms with Crippen LogP contribution in [-0.2, 0) is 16.1 Å². The molecule has 6 heteroatoms. The molecule has 22 heavy (non-hydrogen) atoms. The zero-order valence-electron chi connectivity index (χ0n) is 13.0. The van der Waals surface area contributed by atoms with Gasteiger partial charge in [0.1, 0.15) is 5.75 Å². The lowest BCUT2D eigenvalue weighted by Crippen LogP contribution is -2.39. The van der Waals surface area contributed by atoms with Crippen molar-refractivity contribution < 1.29 is 14.3 Å². The molecule has 0 bridgehead atoms. The molecule has 0 aliphatic carbocycles. The summed E-state index contributed by atoms with van der Waals surface area (Å²) in [6.45, 7) is 3.52. The van der Waals surface area contributed by atoms with Crippen molar-refractivity contribution in [1.82, 2.24) is 10.6 Å². The first kappa shape index (κ1) is 18.7. The van der Waals surface area contributed by atoms with Gasteiger partial charge in [-0.05, 0) is 43.6 Å². The molecule has 1 heterocycles. The summed E-state index contributed by atoms with van der Waals surface area (Å²) in [7, 11) is 1.65. The third-order valence-corrected chi connectivity index (χ3v) is 3.68. The standard InChI is InChI=1S/C16H24N2O3.ClH/c1-20-15-4-2-13(3-5-15)12-21-11-10-18-16(19)14-6-8-17-9-7-14;/h2-5,14,17H,6-12H2,1H3,(H,18,19);1H. The first-order valence-corrected chi connectivity index (χ1v) is 7.48. The van der Waals surface area contributed by atoms with Gasteiger partial charge in [0.05, 0.1) is 20.3 Å². The number of halogens is 1. The highest BCUT2D eigenvalue weighted by Crippen LogP contribution is 2.12.